The molecule has 0 saturated heterocycles. The number of esters is 1. The molecule has 0 radical (unpaired) electrons. The van der Waals surface area contributed by atoms with Crippen LogP contribution in [0.4, 0.5) is 5.82 Å². The van der Waals surface area contributed by atoms with Gasteiger partial charge in [-0.25, -0.2) is 4.98 Å². The molecular weight excluding hydrogens is 442 g/mol. The molecule has 1 saturated carbocycles. The van der Waals surface area contributed by atoms with Gasteiger partial charge >= 0.3 is 5.97 Å². The van der Waals surface area contributed by atoms with E-state index in [0.717, 1.165) is 27.2 Å². The van der Waals surface area contributed by atoms with Gasteiger partial charge in [0.05, 0.1) is 5.41 Å². The summed E-state index contributed by atoms with van der Waals surface area (Å²) in [6, 6.07) is 12.1. The molecule has 6 heteroatoms. The number of aromatic nitrogens is 2. The second kappa shape index (κ2) is 8.42. The molecule has 158 valence electrons. The summed E-state index contributed by atoms with van der Waals surface area (Å²) in [6.45, 7) is 5.55. The number of hydrogen-bond donors (Lipinski definition) is 1. The van der Waals surface area contributed by atoms with Gasteiger partial charge in [0, 0.05) is 22.3 Å². The van der Waals surface area contributed by atoms with Crippen LogP contribution in [0.1, 0.15) is 52.9 Å². The van der Waals surface area contributed by atoms with Crippen molar-refractivity contribution < 1.29 is 9.53 Å². The predicted molar refractivity (Wildman–Crippen MR) is 124 cm³/mol. The first-order valence-corrected chi connectivity index (χ1v) is 11.4. The first kappa shape index (κ1) is 20.9. The van der Waals surface area contributed by atoms with E-state index in [0.29, 0.717) is 11.8 Å². The lowest BCUT2D eigenvalue weighted by Crippen LogP contribution is -2.25. The molecule has 4 rings (SSSR count). The zero-order chi connectivity index (χ0) is 21.3. The fourth-order valence-corrected chi connectivity index (χ4v) is 4.08. The third-order valence-electron chi connectivity index (χ3n) is 5.48. The summed E-state index contributed by atoms with van der Waals surface area (Å²) in [5.41, 5.74) is 2.26. The van der Waals surface area contributed by atoms with Gasteiger partial charge in [0.25, 0.3) is 0 Å². The molecule has 0 amide bonds. The molecule has 2 aromatic heterocycles. The van der Waals surface area contributed by atoms with E-state index in [4.69, 9.17) is 9.72 Å². The van der Waals surface area contributed by atoms with Gasteiger partial charge in [0.1, 0.15) is 22.9 Å². The largest absolute Gasteiger partial charge is 0.426 e. The maximum atomic E-state index is 12.2. The van der Waals surface area contributed by atoms with Crippen molar-refractivity contribution in [2.75, 3.05) is 5.32 Å². The third kappa shape index (κ3) is 4.53. The van der Waals surface area contributed by atoms with Crippen LogP contribution < -0.4 is 10.1 Å². The summed E-state index contributed by atoms with van der Waals surface area (Å²) < 4.78 is 8.63. The van der Waals surface area contributed by atoms with Crippen LogP contribution in [0, 0.1) is 5.41 Å². The number of rotatable bonds is 4. The van der Waals surface area contributed by atoms with Crippen molar-refractivity contribution in [2.45, 2.75) is 58.9 Å². The van der Waals surface area contributed by atoms with Crippen molar-refractivity contribution in [3.05, 3.63) is 47.1 Å². The van der Waals surface area contributed by atoms with Crippen LogP contribution in [0.25, 0.3) is 16.9 Å². The van der Waals surface area contributed by atoms with Crippen LogP contribution >= 0.6 is 15.9 Å². The number of hydrogen-bond acceptors (Lipinski definition) is 4. The maximum absolute atomic E-state index is 12.2. The molecule has 1 aliphatic carbocycles. The molecular formula is C24H28BrN3O2. The Bertz CT molecular complexity index is 1040. The van der Waals surface area contributed by atoms with Gasteiger partial charge in [-0.05, 0) is 85.9 Å². The molecule has 2 heterocycles. The SMILES string of the molecule is CC(C)(C)C(=O)Oc1ccc(-c2nc3ccc(Br)cn3c2NC2CCCCC2)cc1. The smallest absolute Gasteiger partial charge is 0.316 e. The second-order valence-corrected chi connectivity index (χ2v) is 9.94. The van der Waals surface area contributed by atoms with Crippen molar-refractivity contribution in [1.29, 1.82) is 0 Å². The van der Waals surface area contributed by atoms with Gasteiger partial charge in [-0.15, -0.1) is 0 Å². The number of carbonyl (C=O) groups is 1. The topological polar surface area (TPSA) is 55.6 Å². The minimum Gasteiger partial charge on any atom is -0.426 e. The molecule has 0 atom stereocenters. The van der Waals surface area contributed by atoms with Crippen LogP contribution in [0.3, 0.4) is 0 Å². The Hall–Kier alpha value is -2.34. The van der Waals surface area contributed by atoms with Crippen LogP contribution in [0.15, 0.2) is 47.1 Å². The number of nitrogens with zero attached hydrogens (tertiary/aromatic N) is 2. The molecule has 1 aliphatic rings. The summed E-state index contributed by atoms with van der Waals surface area (Å²) in [6.07, 6.45) is 8.27. The number of nitrogens with one attached hydrogen (secondary N) is 1. The summed E-state index contributed by atoms with van der Waals surface area (Å²) in [4.78, 5) is 17.1. The molecule has 0 unspecified atom stereocenters. The van der Waals surface area contributed by atoms with Gasteiger partial charge in [0.2, 0.25) is 0 Å². The van der Waals surface area contributed by atoms with E-state index < -0.39 is 5.41 Å². The van der Waals surface area contributed by atoms with Gasteiger partial charge in [0.15, 0.2) is 0 Å². The normalized spacial score (nSPS) is 15.3. The van der Waals surface area contributed by atoms with Crippen molar-refractivity contribution in [2.24, 2.45) is 5.41 Å². The number of anilines is 1. The monoisotopic (exact) mass is 469 g/mol. The predicted octanol–water partition coefficient (Wildman–Crippen LogP) is 6.46. The first-order valence-electron chi connectivity index (χ1n) is 10.6. The average molecular weight is 470 g/mol. The highest BCUT2D eigenvalue weighted by molar-refractivity contribution is 9.10. The van der Waals surface area contributed by atoms with E-state index in [-0.39, 0.29) is 5.97 Å². The number of ether oxygens (including phenoxy) is 1. The molecule has 5 nitrogen and oxygen atoms in total. The summed E-state index contributed by atoms with van der Waals surface area (Å²) in [5.74, 6) is 1.32. The van der Waals surface area contributed by atoms with Gasteiger partial charge < -0.3 is 10.1 Å². The maximum Gasteiger partial charge on any atom is 0.316 e. The van der Waals surface area contributed by atoms with Gasteiger partial charge in [-0.1, -0.05) is 19.3 Å². The van der Waals surface area contributed by atoms with E-state index in [1.807, 2.05) is 57.2 Å². The molecule has 1 aromatic carbocycles. The molecule has 30 heavy (non-hydrogen) atoms. The molecule has 3 aromatic rings. The lowest BCUT2D eigenvalue weighted by Gasteiger charge is -2.24. The lowest BCUT2D eigenvalue weighted by molar-refractivity contribution is -0.142. The Morgan fingerprint density at radius 2 is 1.80 bits per heavy atom. The summed E-state index contributed by atoms with van der Waals surface area (Å²) in [7, 11) is 0. The van der Waals surface area contributed by atoms with E-state index in [1.165, 1.54) is 32.1 Å². The number of benzene rings is 1. The van der Waals surface area contributed by atoms with Crippen LogP contribution in [0.2, 0.25) is 0 Å². The Balaban J connectivity index is 1.67. The Morgan fingerprint density at radius 3 is 2.47 bits per heavy atom. The van der Waals surface area contributed by atoms with Crippen molar-refractivity contribution in [1.82, 2.24) is 9.38 Å². The van der Waals surface area contributed by atoms with Gasteiger partial charge in [-0.2, -0.15) is 0 Å². The Kier molecular flexibility index (Phi) is 5.87. The quantitative estimate of drug-likeness (QED) is 0.351. The molecule has 0 bridgehead atoms. The highest BCUT2D eigenvalue weighted by Crippen LogP contribution is 2.33. The van der Waals surface area contributed by atoms with Crippen molar-refractivity contribution >= 4 is 33.4 Å². The Morgan fingerprint density at radius 1 is 1.10 bits per heavy atom. The van der Waals surface area contributed by atoms with Gasteiger partial charge in [-0.3, -0.25) is 9.20 Å². The van der Waals surface area contributed by atoms with Crippen LogP contribution in [0.5, 0.6) is 5.75 Å². The van der Waals surface area contributed by atoms with E-state index >= 15 is 0 Å². The number of fused-ring (bicyclic) bond motifs is 1. The van der Waals surface area contributed by atoms with E-state index in [1.54, 1.807) is 0 Å². The average Bonchev–Trinajstić information content (AvgIpc) is 3.06. The zero-order valence-corrected chi connectivity index (χ0v) is 19.3. The third-order valence-corrected chi connectivity index (χ3v) is 5.95. The number of pyridine rings is 1. The second-order valence-electron chi connectivity index (χ2n) is 9.03. The minimum atomic E-state index is -0.537. The van der Waals surface area contributed by atoms with Crippen molar-refractivity contribution in [3.8, 4) is 17.0 Å². The zero-order valence-electron chi connectivity index (χ0n) is 17.7. The summed E-state index contributed by atoms with van der Waals surface area (Å²) in [5, 5.41) is 3.76. The number of carbonyl (C=O) groups excluding carboxylic acids is 1. The molecule has 1 N–H and O–H groups in total. The first-order chi connectivity index (χ1) is 14.3. The standard InChI is InChI=1S/C24H28BrN3O2/c1-24(2,3)23(29)30-19-12-9-16(10-13-19)21-22(26-18-7-5-4-6-8-18)28-15-17(25)11-14-20(28)27-21/h9-15,18,26H,4-8H2,1-3H3. The van der Waals surface area contributed by atoms with Crippen molar-refractivity contribution in [3.63, 3.8) is 0 Å². The minimum absolute atomic E-state index is 0.243. The molecule has 0 spiro atoms. The highest BCUT2D eigenvalue weighted by atomic mass is 79.9. The van der Waals surface area contributed by atoms with Crippen LogP contribution in [-0.2, 0) is 4.79 Å². The Labute approximate surface area is 186 Å². The number of halogens is 1. The molecule has 0 aliphatic heterocycles. The van der Waals surface area contributed by atoms with E-state index in [9.17, 15) is 4.79 Å². The lowest BCUT2D eigenvalue weighted by atomic mass is 9.95. The number of imidazole rings is 1. The fraction of sp³-hybridized carbons (Fsp3) is 0.417. The fourth-order valence-electron chi connectivity index (χ4n) is 3.74. The van der Waals surface area contributed by atoms with E-state index in [2.05, 4.69) is 31.8 Å². The molecule has 1 fully saturated rings. The summed E-state index contributed by atoms with van der Waals surface area (Å²) >= 11 is 3.58. The highest BCUT2D eigenvalue weighted by Gasteiger charge is 2.24. The van der Waals surface area contributed by atoms with Crippen LogP contribution in [-0.4, -0.2) is 21.4 Å².